The molecular formula is C20H27N3O5. The molecule has 4 rings (SSSR count). The molecule has 3 amide bonds. The largest absolute Gasteiger partial charge is 0.486 e. The Balaban J connectivity index is 1.49. The van der Waals surface area contributed by atoms with Crippen molar-refractivity contribution in [3.63, 3.8) is 0 Å². The van der Waals surface area contributed by atoms with Gasteiger partial charge in [-0.1, -0.05) is 0 Å². The molecular weight excluding hydrogens is 362 g/mol. The highest BCUT2D eigenvalue weighted by Gasteiger charge is 2.52. The molecule has 2 saturated heterocycles. The van der Waals surface area contributed by atoms with E-state index in [1.807, 2.05) is 0 Å². The van der Waals surface area contributed by atoms with Crippen molar-refractivity contribution >= 4 is 17.6 Å². The zero-order valence-electron chi connectivity index (χ0n) is 16.4. The predicted molar refractivity (Wildman–Crippen MR) is 103 cm³/mol. The number of benzene rings is 1. The first kappa shape index (κ1) is 18.9. The van der Waals surface area contributed by atoms with E-state index in [1.165, 1.54) is 0 Å². The number of amides is 3. The summed E-state index contributed by atoms with van der Waals surface area (Å²) >= 11 is 0. The zero-order chi connectivity index (χ0) is 19.7. The van der Waals surface area contributed by atoms with Gasteiger partial charge in [-0.3, -0.25) is 4.79 Å². The molecule has 3 aliphatic rings. The Bertz CT molecular complexity index is 760. The first-order chi connectivity index (χ1) is 13.5. The molecule has 8 heteroatoms. The number of fused-ring (bicyclic) bond motifs is 1. The summed E-state index contributed by atoms with van der Waals surface area (Å²) in [6.45, 7) is 3.28. The van der Waals surface area contributed by atoms with E-state index in [0.717, 1.165) is 12.8 Å². The molecule has 1 unspecified atom stereocenters. The van der Waals surface area contributed by atoms with Gasteiger partial charge in [0.2, 0.25) is 5.91 Å². The summed E-state index contributed by atoms with van der Waals surface area (Å²) in [5.41, 5.74) is 0.446. The van der Waals surface area contributed by atoms with E-state index in [0.29, 0.717) is 56.7 Å². The van der Waals surface area contributed by atoms with Crippen molar-refractivity contribution in [2.75, 3.05) is 58.9 Å². The Hall–Kier alpha value is -2.48. The van der Waals surface area contributed by atoms with E-state index < -0.39 is 0 Å². The Morgan fingerprint density at radius 3 is 2.54 bits per heavy atom. The van der Waals surface area contributed by atoms with Gasteiger partial charge < -0.3 is 29.3 Å². The third kappa shape index (κ3) is 3.48. The molecule has 1 N–H and O–H groups in total. The molecule has 0 aliphatic carbocycles. The second kappa shape index (κ2) is 7.50. The third-order valence-electron chi connectivity index (χ3n) is 5.96. The average molecular weight is 389 g/mol. The molecule has 28 heavy (non-hydrogen) atoms. The lowest BCUT2D eigenvalue weighted by Crippen LogP contribution is -2.44. The number of hydrogen-bond acceptors (Lipinski definition) is 5. The Morgan fingerprint density at radius 1 is 1.11 bits per heavy atom. The predicted octanol–water partition coefficient (Wildman–Crippen LogP) is 1.81. The standard InChI is InChI=1S/C20H27N3O5/c1-22(2)18(24)15-12-23(13-20(15)5-7-26-8-6-20)19(25)21-14-3-4-16-17(11-14)28-10-9-27-16/h3-4,11,15H,5-10,12-13H2,1-2H3,(H,21,25). The molecule has 1 spiro atoms. The molecule has 3 heterocycles. The summed E-state index contributed by atoms with van der Waals surface area (Å²) in [7, 11) is 3.54. The quantitative estimate of drug-likeness (QED) is 0.834. The number of nitrogens with zero attached hydrogens (tertiary/aromatic N) is 2. The minimum absolute atomic E-state index is 0.0801. The molecule has 1 atom stereocenters. The summed E-state index contributed by atoms with van der Waals surface area (Å²) in [6.07, 6.45) is 1.59. The molecule has 0 aromatic heterocycles. The van der Waals surface area contributed by atoms with Gasteiger partial charge in [0, 0.05) is 57.6 Å². The first-order valence-corrected chi connectivity index (χ1v) is 9.73. The molecule has 1 aromatic carbocycles. The van der Waals surface area contributed by atoms with E-state index in [2.05, 4.69) is 5.32 Å². The topological polar surface area (TPSA) is 80.3 Å². The van der Waals surface area contributed by atoms with Gasteiger partial charge in [0.1, 0.15) is 13.2 Å². The zero-order valence-corrected chi connectivity index (χ0v) is 16.4. The van der Waals surface area contributed by atoms with Crippen LogP contribution in [0.3, 0.4) is 0 Å². The van der Waals surface area contributed by atoms with Crippen molar-refractivity contribution in [1.82, 2.24) is 9.80 Å². The van der Waals surface area contributed by atoms with Crippen LogP contribution in [0.1, 0.15) is 12.8 Å². The van der Waals surface area contributed by atoms with E-state index in [-0.39, 0.29) is 23.3 Å². The smallest absolute Gasteiger partial charge is 0.321 e. The van der Waals surface area contributed by atoms with Crippen LogP contribution >= 0.6 is 0 Å². The van der Waals surface area contributed by atoms with E-state index in [9.17, 15) is 9.59 Å². The Morgan fingerprint density at radius 2 is 1.82 bits per heavy atom. The van der Waals surface area contributed by atoms with Crippen molar-refractivity contribution in [3.8, 4) is 11.5 Å². The monoisotopic (exact) mass is 389 g/mol. The van der Waals surface area contributed by atoms with Gasteiger partial charge in [-0.05, 0) is 25.0 Å². The molecule has 1 aromatic rings. The number of rotatable bonds is 2. The van der Waals surface area contributed by atoms with Crippen molar-refractivity contribution in [3.05, 3.63) is 18.2 Å². The van der Waals surface area contributed by atoms with Gasteiger partial charge in [0.05, 0.1) is 5.92 Å². The van der Waals surface area contributed by atoms with Crippen LogP contribution in [-0.2, 0) is 9.53 Å². The summed E-state index contributed by atoms with van der Waals surface area (Å²) in [6, 6.07) is 5.17. The molecule has 0 radical (unpaired) electrons. The fourth-order valence-electron chi connectivity index (χ4n) is 4.38. The number of carbonyl (C=O) groups is 2. The Kier molecular flexibility index (Phi) is 5.05. The van der Waals surface area contributed by atoms with Crippen molar-refractivity contribution in [1.29, 1.82) is 0 Å². The summed E-state index contributed by atoms with van der Waals surface area (Å²) in [5, 5.41) is 2.94. The van der Waals surface area contributed by atoms with Crippen LogP contribution in [0.15, 0.2) is 18.2 Å². The highest BCUT2D eigenvalue weighted by molar-refractivity contribution is 5.91. The van der Waals surface area contributed by atoms with Crippen LogP contribution in [0, 0.1) is 11.3 Å². The van der Waals surface area contributed by atoms with Gasteiger partial charge in [-0.2, -0.15) is 0 Å². The summed E-state index contributed by atoms with van der Waals surface area (Å²) in [5.74, 6) is 1.20. The maximum absolute atomic E-state index is 12.9. The van der Waals surface area contributed by atoms with E-state index in [1.54, 1.807) is 42.1 Å². The van der Waals surface area contributed by atoms with Gasteiger partial charge in [0.15, 0.2) is 11.5 Å². The number of urea groups is 1. The van der Waals surface area contributed by atoms with E-state index >= 15 is 0 Å². The average Bonchev–Trinajstić information content (AvgIpc) is 3.06. The fraction of sp³-hybridized carbons (Fsp3) is 0.600. The van der Waals surface area contributed by atoms with Gasteiger partial charge in [0.25, 0.3) is 0 Å². The van der Waals surface area contributed by atoms with Gasteiger partial charge >= 0.3 is 6.03 Å². The highest BCUT2D eigenvalue weighted by atomic mass is 16.6. The lowest BCUT2D eigenvalue weighted by Gasteiger charge is -2.37. The molecule has 3 aliphatic heterocycles. The van der Waals surface area contributed by atoms with Crippen molar-refractivity contribution in [2.24, 2.45) is 11.3 Å². The van der Waals surface area contributed by atoms with Crippen LogP contribution in [0.2, 0.25) is 0 Å². The normalized spacial score (nSPS) is 22.8. The second-order valence-corrected chi connectivity index (χ2v) is 7.93. The maximum Gasteiger partial charge on any atom is 0.321 e. The molecule has 0 saturated carbocycles. The SMILES string of the molecule is CN(C)C(=O)C1CN(C(=O)Nc2ccc3c(c2)OCCO3)CC12CCOCC2. The minimum atomic E-state index is -0.205. The second-order valence-electron chi connectivity index (χ2n) is 7.93. The number of hydrogen-bond donors (Lipinski definition) is 1. The van der Waals surface area contributed by atoms with Crippen molar-refractivity contribution < 1.29 is 23.8 Å². The first-order valence-electron chi connectivity index (χ1n) is 9.73. The van der Waals surface area contributed by atoms with Gasteiger partial charge in [-0.25, -0.2) is 4.79 Å². The van der Waals surface area contributed by atoms with Crippen LogP contribution in [0.4, 0.5) is 10.5 Å². The summed E-state index contributed by atoms with van der Waals surface area (Å²) < 4.78 is 16.6. The minimum Gasteiger partial charge on any atom is -0.486 e. The fourth-order valence-corrected chi connectivity index (χ4v) is 4.38. The lowest BCUT2D eigenvalue weighted by molar-refractivity contribution is -0.138. The van der Waals surface area contributed by atoms with Gasteiger partial charge in [-0.15, -0.1) is 0 Å². The van der Waals surface area contributed by atoms with Crippen LogP contribution in [0.25, 0.3) is 0 Å². The number of nitrogens with one attached hydrogen (secondary N) is 1. The number of ether oxygens (including phenoxy) is 3. The number of likely N-dealkylation sites (tertiary alicyclic amines) is 1. The molecule has 8 nitrogen and oxygen atoms in total. The molecule has 0 bridgehead atoms. The van der Waals surface area contributed by atoms with E-state index in [4.69, 9.17) is 14.2 Å². The van der Waals surface area contributed by atoms with Crippen molar-refractivity contribution in [2.45, 2.75) is 12.8 Å². The Labute approximate surface area is 164 Å². The number of anilines is 1. The van der Waals surface area contributed by atoms with Crippen LogP contribution in [-0.4, -0.2) is 75.4 Å². The lowest BCUT2D eigenvalue weighted by atomic mass is 9.71. The summed E-state index contributed by atoms with van der Waals surface area (Å²) in [4.78, 5) is 29.1. The molecule has 152 valence electrons. The van der Waals surface area contributed by atoms with Crippen LogP contribution < -0.4 is 14.8 Å². The molecule has 2 fully saturated rings. The third-order valence-corrected chi connectivity index (χ3v) is 5.96. The highest BCUT2D eigenvalue weighted by Crippen LogP contribution is 2.45. The van der Waals surface area contributed by atoms with Crippen LogP contribution in [0.5, 0.6) is 11.5 Å². The number of carbonyl (C=O) groups excluding carboxylic acids is 2. The maximum atomic E-state index is 12.9.